The highest BCUT2D eigenvalue weighted by molar-refractivity contribution is 7.80. The maximum Gasteiger partial charge on any atom is 0.268 e. The average molecular weight is 213 g/mol. The van der Waals surface area contributed by atoms with Crippen molar-refractivity contribution in [2.24, 2.45) is 0 Å². The average Bonchev–Trinajstić information content (AvgIpc) is 2.20. The molecule has 1 aromatic heterocycles. The van der Waals surface area contributed by atoms with Crippen LogP contribution in [-0.4, -0.2) is 29.1 Å². The first-order valence-electron chi connectivity index (χ1n) is 4.58. The number of aryl methyl sites for hydroxylation is 1. The van der Waals surface area contributed by atoms with Crippen LogP contribution in [0, 0.1) is 0 Å². The summed E-state index contributed by atoms with van der Waals surface area (Å²) in [4.78, 5) is 13.5. The molecular formula is C9H15N3OS. The number of nitrogens with zero attached hydrogens (tertiary/aromatic N) is 3. The van der Waals surface area contributed by atoms with Gasteiger partial charge in [0.25, 0.3) is 5.56 Å². The quantitative estimate of drug-likeness (QED) is 0.746. The van der Waals surface area contributed by atoms with Crippen LogP contribution < -0.4 is 10.5 Å². The largest absolute Gasteiger partial charge is 0.373 e. The third kappa shape index (κ3) is 2.51. The molecule has 0 spiro atoms. The van der Waals surface area contributed by atoms with Crippen molar-refractivity contribution >= 4 is 18.3 Å². The Morgan fingerprint density at radius 3 is 2.86 bits per heavy atom. The highest BCUT2D eigenvalue weighted by Gasteiger charge is 2.01. The summed E-state index contributed by atoms with van der Waals surface area (Å²) in [6.45, 7) is 3.44. The maximum atomic E-state index is 11.5. The Balaban J connectivity index is 2.94. The number of hydrogen-bond donors (Lipinski definition) is 1. The van der Waals surface area contributed by atoms with Crippen LogP contribution in [0.4, 0.5) is 5.69 Å². The highest BCUT2D eigenvalue weighted by atomic mass is 32.1. The molecule has 0 amide bonds. The minimum absolute atomic E-state index is 0.0724. The lowest BCUT2D eigenvalue weighted by molar-refractivity contribution is 0.621. The number of aromatic nitrogens is 2. The molecule has 0 fully saturated rings. The molecule has 0 saturated heterocycles. The standard InChI is InChI=1S/C9H15N3OS/c1-3-11(2)8-6-9(13)12(4-5-14)10-7-8/h6-7,14H,3-5H2,1-2H3. The second-order valence-corrected chi connectivity index (χ2v) is 3.46. The molecule has 0 saturated carbocycles. The molecule has 0 aliphatic heterocycles. The molecule has 1 aromatic rings. The molecular weight excluding hydrogens is 198 g/mol. The monoisotopic (exact) mass is 213 g/mol. The summed E-state index contributed by atoms with van der Waals surface area (Å²) >= 11 is 4.05. The Bertz CT molecular complexity index is 350. The van der Waals surface area contributed by atoms with Gasteiger partial charge in [-0.1, -0.05) is 0 Å². The second-order valence-electron chi connectivity index (χ2n) is 3.01. The first kappa shape index (κ1) is 11.1. The van der Waals surface area contributed by atoms with Gasteiger partial charge in [-0.2, -0.15) is 17.7 Å². The van der Waals surface area contributed by atoms with Gasteiger partial charge >= 0.3 is 0 Å². The summed E-state index contributed by atoms with van der Waals surface area (Å²) in [5.41, 5.74) is 0.782. The van der Waals surface area contributed by atoms with Crippen molar-refractivity contribution in [1.29, 1.82) is 0 Å². The number of rotatable bonds is 4. The fourth-order valence-corrected chi connectivity index (χ4v) is 1.27. The lowest BCUT2D eigenvalue weighted by Crippen LogP contribution is -2.26. The van der Waals surface area contributed by atoms with Crippen LogP contribution in [0.15, 0.2) is 17.1 Å². The Morgan fingerprint density at radius 2 is 2.36 bits per heavy atom. The van der Waals surface area contributed by atoms with Gasteiger partial charge in [0.05, 0.1) is 18.4 Å². The minimum atomic E-state index is -0.0724. The number of anilines is 1. The van der Waals surface area contributed by atoms with E-state index in [9.17, 15) is 4.79 Å². The van der Waals surface area contributed by atoms with Gasteiger partial charge in [0.15, 0.2) is 0 Å². The third-order valence-electron chi connectivity index (χ3n) is 2.08. The fourth-order valence-electron chi connectivity index (χ4n) is 1.08. The van der Waals surface area contributed by atoms with Gasteiger partial charge in [-0.3, -0.25) is 4.79 Å². The Labute approximate surface area is 89.0 Å². The van der Waals surface area contributed by atoms with E-state index in [4.69, 9.17) is 0 Å². The van der Waals surface area contributed by atoms with E-state index in [1.807, 2.05) is 18.9 Å². The van der Waals surface area contributed by atoms with E-state index in [1.54, 1.807) is 12.3 Å². The van der Waals surface area contributed by atoms with Crippen molar-refractivity contribution in [1.82, 2.24) is 9.78 Å². The van der Waals surface area contributed by atoms with Crippen LogP contribution in [0.1, 0.15) is 6.92 Å². The highest BCUT2D eigenvalue weighted by Crippen LogP contribution is 2.05. The summed E-state index contributed by atoms with van der Waals surface area (Å²) in [7, 11) is 1.93. The number of hydrogen-bond acceptors (Lipinski definition) is 4. The molecule has 1 rings (SSSR count). The van der Waals surface area contributed by atoms with E-state index < -0.39 is 0 Å². The van der Waals surface area contributed by atoms with E-state index >= 15 is 0 Å². The molecule has 0 aromatic carbocycles. The van der Waals surface area contributed by atoms with Gasteiger partial charge < -0.3 is 4.90 Å². The summed E-state index contributed by atoms with van der Waals surface area (Å²) < 4.78 is 1.42. The molecule has 0 bridgehead atoms. The minimum Gasteiger partial charge on any atom is -0.373 e. The zero-order valence-corrected chi connectivity index (χ0v) is 9.37. The van der Waals surface area contributed by atoms with Crippen LogP contribution in [0.3, 0.4) is 0 Å². The van der Waals surface area contributed by atoms with Crippen LogP contribution in [0.2, 0.25) is 0 Å². The maximum absolute atomic E-state index is 11.5. The summed E-state index contributed by atoms with van der Waals surface area (Å²) in [6.07, 6.45) is 1.70. The third-order valence-corrected chi connectivity index (χ3v) is 2.28. The lowest BCUT2D eigenvalue weighted by atomic mass is 10.4. The van der Waals surface area contributed by atoms with E-state index in [0.717, 1.165) is 12.2 Å². The summed E-state index contributed by atoms with van der Waals surface area (Å²) in [5, 5.41) is 4.05. The molecule has 4 nitrogen and oxygen atoms in total. The first-order valence-corrected chi connectivity index (χ1v) is 5.21. The molecule has 1 heterocycles. The van der Waals surface area contributed by atoms with E-state index in [0.29, 0.717) is 12.3 Å². The van der Waals surface area contributed by atoms with Gasteiger partial charge in [-0.25, -0.2) is 4.68 Å². The van der Waals surface area contributed by atoms with Crippen LogP contribution >= 0.6 is 12.6 Å². The van der Waals surface area contributed by atoms with Gasteiger partial charge in [0.2, 0.25) is 0 Å². The molecule has 5 heteroatoms. The molecule has 0 N–H and O–H groups in total. The van der Waals surface area contributed by atoms with Crippen molar-refractivity contribution < 1.29 is 0 Å². The van der Waals surface area contributed by atoms with Crippen molar-refractivity contribution in [3.05, 3.63) is 22.6 Å². The second kappa shape index (κ2) is 5.05. The molecule has 14 heavy (non-hydrogen) atoms. The summed E-state index contributed by atoms with van der Waals surface area (Å²) in [6, 6.07) is 1.60. The van der Waals surface area contributed by atoms with Crippen molar-refractivity contribution in [2.75, 3.05) is 24.2 Å². The zero-order chi connectivity index (χ0) is 10.6. The SMILES string of the molecule is CCN(C)c1cnn(CCS)c(=O)c1. The normalized spacial score (nSPS) is 10.2. The molecule has 0 aliphatic rings. The molecule has 78 valence electrons. The van der Waals surface area contributed by atoms with Crippen molar-refractivity contribution in [3.8, 4) is 0 Å². The topological polar surface area (TPSA) is 38.1 Å². The smallest absolute Gasteiger partial charge is 0.268 e. The Morgan fingerprint density at radius 1 is 1.64 bits per heavy atom. The molecule has 0 aliphatic carbocycles. The zero-order valence-electron chi connectivity index (χ0n) is 8.47. The molecule has 0 unspecified atom stereocenters. The first-order chi connectivity index (χ1) is 6.69. The fraction of sp³-hybridized carbons (Fsp3) is 0.556. The Hall–Kier alpha value is -0.970. The molecule has 0 atom stereocenters. The predicted molar refractivity (Wildman–Crippen MR) is 61.3 cm³/mol. The van der Waals surface area contributed by atoms with Gasteiger partial charge in [-0.05, 0) is 6.92 Å². The van der Waals surface area contributed by atoms with E-state index in [2.05, 4.69) is 17.7 Å². The molecule has 0 radical (unpaired) electrons. The van der Waals surface area contributed by atoms with Crippen molar-refractivity contribution in [3.63, 3.8) is 0 Å². The van der Waals surface area contributed by atoms with Crippen molar-refractivity contribution in [2.45, 2.75) is 13.5 Å². The van der Waals surface area contributed by atoms with Crippen LogP contribution in [0.25, 0.3) is 0 Å². The van der Waals surface area contributed by atoms with Crippen LogP contribution in [0.5, 0.6) is 0 Å². The number of thiol groups is 1. The Kier molecular flexibility index (Phi) is 4.00. The van der Waals surface area contributed by atoms with Crippen LogP contribution in [-0.2, 0) is 6.54 Å². The van der Waals surface area contributed by atoms with E-state index in [-0.39, 0.29) is 5.56 Å². The van der Waals surface area contributed by atoms with Gasteiger partial charge in [0.1, 0.15) is 0 Å². The lowest BCUT2D eigenvalue weighted by Gasteiger charge is -2.15. The van der Waals surface area contributed by atoms with Gasteiger partial charge in [-0.15, -0.1) is 0 Å². The predicted octanol–water partition coefficient (Wildman–Crippen LogP) is 0.629. The van der Waals surface area contributed by atoms with Gasteiger partial charge in [0, 0.05) is 25.4 Å². The summed E-state index contributed by atoms with van der Waals surface area (Å²) in [5.74, 6) is 0.621. The van der Waals surface area contributed by atoms with E-state index in [1.165, 1.54) is 4.68 Å².